The molecular weight excluding hydrogens is 222 g/mol. The molecule has 1 aliphatic carbocycles. The zero-order chi connectivity index (χ0) is 13.0. The van der Waals surface area contributed by atoms with Crippen LogP contribution >= 0.6 is 0 Å². The van der Waals surface area contributed by atoms with Crippen LogP contribution < -0.4 is 5.73 Å². The van der Waals surface area contributed by atoms with Crippen molar-refractivity contribution in [3.8, 4) is 0 Å². The van der Waals surface area contributed by atoms with Gasteiger partial charge in [-0.05, 0) is 43.2 Å². The molecule has 2 rings (SSSR count). The van der Waals surface area contributed by atoms with Crippen molar-refractivity contribution >= 4 is 0 Å². The van der Waals surface area contributed by atoms with Crippen molar-refractivity contribution in [1.29, 1.82) is 0 Å². The standard InChI is InChI=1S/C16H25NO/c1-3-7-16(18-4-2)15(17)11-13-10-12-8-5-6-9-14(12)13/h5-6,8-9,13,15-16H,3-4,7,10-11,17H2,1-2H3. The van der Waals surface area contributed by atoms with E-state index in [-0.39, 0.29) is 12.1 Å². The first-order valence-electron chi connectivity index (χ1n) is 7.21. The maximum absolute atomic E-state index is 6.33. The number of hydrogen-bond acceptors (Lipinski definition) is 2. The molecule has 0 bridgehead atoms. The van der Waals surface area contributed by atoms with Crippen LogP contribution in [0.4, 0.5) is 0 Å². The molecule has 1 aromatic rings. The van der Waals surface area contributed by atoms with Crippen LogP contribution in [0, 0.1) is 0 Å². The number of nitrogens with two attached hydrogens (primary N) is 1. The van der Waals surface area contributed by atoms with Crippen molar-refractivity contribution in [3.05, 3.63) is 35.4 Å². The minimum absolute atomic E-state index is 0.170. The molecule has 2 N–H and O–H groups in total. The highest BCUT2D eigenvalue weighted by atomic mass is 16.5. The van der Waals surface area contributed by atoms with E-state index in [4.69, 9.17) is 10.5 Å². The smallest absolute Gasteiger partial charge is 0.0725 e. The molecule has 3 unspecified atom stereocenters. The minimum atomic E-state index is 0.170. The average Bonchev–Trinajstić information content (AvgIpc) is 2.35. The highest BCUT2D eigenvalue weighted by Crippen LogP contribution is 2.38. The SMILES string of the molecule is CCCC(OCC)C(N)CC1Cc2ccccc21. The van der Waals surface area contributed by atoms with Crippen LogP contribution in [0.3, 0.4) is 0 Å². The topological polar surface area (TPSA) is 35.2 Å². The first-order chi connectivity index (χ1) is 8.76. The van der Waals surface area contributed by atoms with Crippen molar-refractivity contribution in [2.45, 2.75) is 57.6 Å². The lowest BCUT2D eigenvalue weighted by molar-refractivity contribution is 0.0336. The molecule has 0 spiro atoms. The predicted molar refractivity (Wildman–Crippen MR) is 75.8 cm³/mol. The van der Waals surface area contributed by atoms with E-state index in [1.807, 2.05) is 6.92 Å². The molecule has 0 fully saturated rings. The summed E-state index contributed by atoms with van der Waals surface area (Å²) in [7, 11) is 0. The molecule has 2 nitrogen and oxygen atoms in total. The Morgan fingerprint density at radius 1 is 1.33 bits per heavy atom. The molecule has 0 saturated carbocycles. The van der Waals surface area contributed by atoms with Crippen LogP contribution in [0.15, 0.2) is 24.3 Å². The van der Waals surface area contributed by atoms with E-state index >= 15 is 0 Å². The molecule has 2 heteroatoms. The highest BCUT2D eigenvalue weighted by molar-refractivity contribution is 5.39. The van der Waals surface area contributed by atoms with E-state index < -0.39 is 0 Å². The van der Waals surface area contributed by atoms with Crippen LogP contribution in [0.1, 0.15) is 50.2 Å². The quantitative estimate of drug-likeness (QED) is 0.802. The van der Waals surface area contributed by atoms with Gasteiger partial charge >= 0.3 is 0 Å². The van der Waals surface area contributed by atoms with Crippen LogP contribution in [0.25, 0.3) is 0 Å². The summed E-state index contributed by atoms with van der Waals surface area (Å²) in [5.41, 5.74) is 9.33. The summed E-state index contributed by atoms with van der Waals surface area (Å²) in [4.78, 5) is 0. The molecular formula is C16H25NO. The Labute approximate surface area is 111 Å². The molecule has 0 radical (unpaired) electrons. The third-order valence-electron chi connectivity index (χ3n) is 3.95. The van der Waals surface area contributed by atoms with Gasteiger partial charge < -0.3 is 10.5 Å². The monoisotopic (exact) mass is 247 g/mol. The molecule has 0 saturated heterocycles. The van der Waals surface area contributed by atoms with Crippen molar-refractivity contribution in [2.24, 2.45) is 5.73 Å². The first kappa shape index (κ1) is 13.6. The van der Waals surface area contributed by atoms with E-state index in [1.54, 1.807) is 0 Å². The molecule has 0 amide bonds. The third kappa shape index (κ3) is 2.93. The predicted octanol–water partition coefficient (Wildman–Crippen LogP) is 3.25. The zero-order valence-corrected chi connectivity index (χ0v) is 11.6. The Balaban J connectivity index is 1.90. The Morgan fingerprint density at radius 3 is 2.78 bits per heavy atom. The van der Waals surface area contributed by atoms with Crippen molar-refractivity contribution in [2.75, 3.05) is 6.61 Å². The van der Waals surface area contributed by atoms with Crippen LogP contribution in [0.2, 0.25) is 0 Å². The Hall–Kier alpha value is -0.860. The number of rotatable bonds is 7. The van der Waals surface area contributed by atoms with Gasteiger partial charge in [-0.3, -0.25) is 0 Å². The average molecular weight is 247 g/mol. The molecule has 3 atom stereocenters. The Morgan fingerprint density at radius 2 is 2.11 bits per heavy atom. The van der Waals surface area contributed by atoms with Gasteiger partial charge in [0.2, 0.25) is 0 Å². The molecule has 0 heterocycles. The largest absolute Gasteiger partial charge is 0.377 e. The van der Waals surface area contributed by atoms with Gasteiger partial charge in [-0.15, -0.1) is 0 Å². The summed E-state index contributed by atoms with van der Waals surface area (Å²) in [5.74, 6) is 0.649. The maximum Gasteiger partial charge on any atom is 0.0725 e. The van der Waals surface area contributed by atoms with Crippen LogP contribution in [0.5, 0.6) is 0 Å². The molecule has 0 aliphatic heterocycles. The van der Waals surface area contributed by atoms with E-state index in [0.29, 0.717) is 5.92 Å². The number of benzene rings is 1. The van der Waals surface area contributed by atoms with Gasteiger partial charge in [0.1, 0.15) is 0 Å². The van der Waals surface area contributed by atoms with Gasteiger partial charge in [0.05, 0.1) is 6.10 Å². The second-order valence-corrected chi connectivity index (χ2v) is 5.28. The Bertz CT molecular complexity index is 371. The molecule has 100 valence electrons. The molecule has 1 aromatic carbocycles. The van der Waals surface area contributed by atoms with Crippen molar-refractivity contribution < 1.29 is 4.74 Å². The van der Waals surface area contributed by atoms with Gasteiger partial charge in [0.25, 0.3) is 0 Å². The van der Waals surface area contributed by atoms with Gasteiger partial charge in [0, 0.05) is 12.6 Å². The van der Waals surface area contributed by atoms with Gasteiger partial charge in [-0.2, -0.15) is 0 Å². The normalized spacial score (nSPS) is 20.9. The van der Waals surface area contributed by atoms with Crippen molar-refractivity contribution in [3.63, 3.8) is 0 Å². The highest BCUT2D eigenvalue weighted by Gasteiger charge is 2.29. The summed E-state index contributed by atoms with van der Waals surface area (Å²) >= 11 is 0. The minimum Gasteiger partial charge on any atom is -0.377 e. The van der Waals surface area contributed by atoms with E-state index in [2.05, 4.69) is 31.2 Å². The van der Waals surface area contributed by atoms with E-state index in [1.165, 1.54) is 17.5 Å². The van der Waals surface area contributed by atoms with E-state index in [9.17, 15) is 0 Å². The van der Waals surface area contributed by atoms with Gasteiger partial charge in [-0.25, -0.2) is 0 Å². The fourth-order valence-electron chi connectivity index (χ4n) is 2.97. The first-order valence-corrected chi connectivity index (χ1v) is 7.21. The summed E-state index contributed by atoms with van der Waals surface area (Å²) < 4.78 is 5.78. The lowest BCUT2D eigenvalue weighted by atomic mass is 9.74. The fraction of sp³-hybridized carbons (Fsp3) is 0.625. The van der Waals surface area contributed by atoms with Gasteiger partial charge in [-0.1, -0.05) is 37.6 Å². The lowest BCUT2D eigenvalue weighted by Gasteiger charge is -2.34. The van der Waals surface area contributed by atoms with E-state index in [0.717, 1.165) is 25.9 Å². The summed E-state index contributed by atoms with van der Waals surface area (Å²) in [5, 5.41) is 0. The summed E-state index contributed by atoms with van der Waals surface area (Å²) in [6, 6.07) is 8.88. The maximum atomic E-state index is 6.33. The Kier molecular flexibility index (Phi) is 4.79. The second-order valence-electron chi connectivity index (χ2n) is 5.28. The second kappa shape index (κ2) is 6.35. The lowest BCUT2D eigenvalue weighted by Crippen LogP contribution is -2.39. The van der Waals surface area contributed by atoms with Gasteiger partial charge in [0.15, 0.2) is 0 Å². The molecule has 0 aromatic heterocycles. The van der Waals surface area contributed by atoms with Crippen LogP contribution in [-0.2, 0) is 11.2 Å². The summed E-state index contributed by atoms with van der Waals surface area (Å²) in [6.45, 7) is 5.00. The number of hydrogen-bond donors (Lipinski definition) is 1. The third-order valence-corrected chi connectivity index (χ3v) is 3.95. The zero-order valence-electron chi connectivity index (χ0n) is 11.6. The molecule has 18 heavy (non-hydrogen) atoms. The van der Waals surface area contributed by atoms with Crippen LogP contribution in [-0.4, -0.2) is 18.8 Å². The molecule has 1 aliphatic rings. The van der Waals surface area contributed by atoms with Crippen molar-refractivity contribution in [1.82, 2.24) is 0 Å². The summed E-state index contributed by atoms with van der Waals surface area (Å²) in [6.07, 6.45) is 4.69. The number of ether oxygens (including phenoxy) is 1. The number of fused-ring (bicyclic) bond motifs is 1. The fourth-order valence-corrected chi connectivity index (χ4v) is 2.97.